The maximum absolute atomic E-state index is 11.6. The zero-order valence-corrected chi connectivity index (χ0v) is 21.0. The molecule has 1 N–H and O–H groups in total. The van der Waals surface area contributed by atoms with E-state index in [-0.39, 0.29) is 31.2 Å². The molecule has 9 heteroatoms. The quantitative estimate of drug-likeness (QED) is 0.152. The molecule has 0 amide bonds. The van der Waals surface area contributed by atoms with Crippen molar-refractivity contribution in [1.29, 1.82) is 0 Å². The molecule has 0 aromatic heterocycles. The predicted octanol–water partition coefficient (Wildman–Crippen LogP) is 2.45. The molecule has 26 heavy (non-hydrogen) atoms. The van der Waals surface area contributed by atoms with E-state index < -0.39 is 26.2 Å². The van der Waals surface area contributed by atoms with Crippen LogP contribution in [0.5, 0.6) is 0 Å². The van der Waals surface area contributed by atoms with E-state index in [1.54, 1.807) is 13.0 Å². The number of aliphatic hydroxyl groups is 1. The molecule has 0 spiro atoms. The summed E-state index contributed by atoms with van der Waals surface area (Å²) >= 11 is 0. The molecule has 0 rings (SSSR count). The summed E-state index contributed by atoms with van der Waals surface area (Å²) in [6.45, 7) is 15.5. The minimum Gasteiger partial charge on any atom is -0.460 e. The van der Waals surface area contributed by atoms with E-state index in [2.05, 4.69) is 39.3 Å². The van der Waals surface area contributed by atoms with Crippen molar-refractivity contribution in [2.45, 2.75) is 70.7 Å². The fourth-order valence-corrected chi connectivity index (χ4v) is 8.83. The van der Waals surface area contributed by atoms with Gasteiger partial charge in [-0.25, -0.2) is 4.79 Å². The van der Waals surface area contributed by atoms with Gasteiger partial charge >= 0.3 is 5.97 Å². The van der Waals surface area contributed by atoms with Gasteiger partial charge < -0.3 is 23.4 Å². The maximum atomic E-state index is 11.6. The zero-order chi connectivity index (χ0) is 20.2. The first kappa shape index (κ1) is 25.7. The summed E-state index contributed by atoms with van der Waals surface area (Å²) in [7, 11) is -4.16. The third kappa shape index (κ3) is 15.9. The number of carbonyl (C=O) groups is 1. The van der Waals surface area contributed by atoms with Crippen LogP contribution < -0.4 is 0 Å². The number of ether oxygens (including phenoxy) is 2. The summed E-state index contributed by atoms with van der Waals surface area (Å²) in [4.78, 5) is 11.6. The monoisotopic (exact) mass is 422 g/mol. The Hall–Kier alpha value is -0.299. The van der Waals surface area contributed by atoms with Gasteiger partial charge in [-0.05, 0) is 58.7 Å². The molecular weight excluding hydrogens is 384 g/mol. The summed E-state index contributed by atoms with van der Waals surface area (Å²) in [5.74, 6) is -0.485. The molecular formula is C17H38O6Si3. The lowest BCUT2D eigenvalue weighted by atomic mass is 10.4. The van der Waals surface area contributed by atoms with Crippen LogP contribution >= 0.6 is 0 Å². The van der Waals surface area contributed by atoms with Crippen molar-refractivity contribution >= 4 is 32.1 Å². The third-order valence-electron chi connectivity index (χ3n) is 3.06. The summed E-state index contributed by atoms with van der Waals surface area (Å²) in [6.07, 6.45) is 3.44. The van der Waals surface area contributed by atoms with Crippen molar-refractivity contribution in [2.24, 2.45) is 0 Å². The minimum absolute atomic E-state index is 0.0859. The van der Waals surface area contributed by atoms with E-state index in [1.165, 1.54) is 6.08 Å². The lowest BCUT2D eigenvalue weighted by Gasteiger charge is -2.32. The molecule has 0 radical (unpaired) electrons. The van der Waals surface area contributed by atoms with Crippen LogP contribution in [-0.2, 0) is 23.1 Å². The Morgan fingerprint density at radius 1 is 1.12 bits per heavy atom. The Kier molecular flexibility index (Phi) is 12.8. The fraction of sp³-hybridized carbons (Fsp3) is 0.824. The average molecular weight is 423 g/mol. The standard InChI is InChI=1S/C17H38O6Si3/c1-8-10-16(19)21-13-15(20-12-9-11-18)14-24-17(22-25(2,3)4)23-26(5,6)7/h8,10,15,17-18H,9,11-14,24H2,1-7H3. The Balaban J connectivity index is 4.75. The van der Waals surface area contributed by atoms with Crippen LogP contribution in [0.2, 0.25) is 45.3 Å². The number of rotatable bonds is 14. The Labute approximate surface area is 163 Å². The third-order valence-corrected chi connectivity index (χ3v) is 7.45. The minimum atomic E-state index is -1.71. The highest BCUT2D eigenvalue weighted by Crippen LogP contribution is 2.15. The molecule has 1 unspecified atom stereocenters. The number of aliphatic hydroxyl groups excluding tert-OH is 1. The van der Waals surface area contributed by atoms with Gasteiger partial charge in [0.05, 0.1) is 15.6 Å². The number of allylic oxidation sites excluding steroid dienone is 1. The highest BCUT2D eigenvalue weighted by atomic mass is 28.4. The second-order valence-corrected chi connectivity index (χ2v) is 18.9. The molecule has 0 bridgehead atoms. The van der Waals surface area contributed by atoms with Gasteiger partial charge in [0.25, 0.3) is 0 Å². The van der Waals surface area contributed by atoms with E-state index in [0.717, 1.165) is 6.04 Å². The van der Waals surface area contributed by atoms with Crippen molar-refractivity contribution in [1.82, 2.24) is 0 Å². The maximum Gasteiger partial charge on any atom is 0.330 e. The summed E-state index contributed by atoms with van der Waals surface area (Å²) in [6, 6.07) is 0.800. The highest BCUT2D eigenvalue weighted by molar-refractivity contribution is 6.71. The number of hydrogen-bond donors (Lipinski definition) is 1. The van der Waals surface area contributed by atoms with Crippen molar-refractivity contribution in [3.05, 3.63) is 12.2 Å². The Bertz CT molecular complexity index is 402. The second kappa shape index (κ2) is 13.0. The topological polar surface area (TPSA) is 74.2 Å². The van der Waals surface area contributed by atoms with Crippen LogP contribution in [0.25, 0.3) is 0 Å². The normalized spacial score (nSPS) is 14.7. The molecule has 1 atom stereocenters. The summed E-state index contributed by atoms with van der Waals surface area (Å²) < 4.78 is 23.6. The van der Waals surface area contributed by atoms with Gasteiger partial charge in [0.15, 0.2) is 16.6 Å². The van der Waals surface area contributed by atoms with E-state index >= 15 is 0 Å². The van der Waals surface area contributed by atoms with Gasteiger partial charge in [-0.3, -0.25) is 0 Å². The first-order valence-electron chi connectivity index (χ1n) is 9.34. The number of hydrogen-bond acceptors (Lipinski definition) is 6. The molecule has 154 valence electrons. The fourth-order valence-electron chi connectivity index (χ4n) is 2.14. The molecule has 0 aromatic rings. The largest absolute Gasteiger partial charge is 0.460 e. The zero-order valence-electron chi connectivity index (χ0n) is 17.5. The van der Waals surface area contributed by atoms with Crippen LogP contribution in [0.4, 0.5) is 0 Å². The first-order valence-corrected chi connectivity index (χ1v) is 18.0. The molecule has 6 nitrogen and oxygen atoms in total. The van der Waals surface area contributed by atoms with Crippen LogP contribution in [0.1, 0.15) is 13.3 Å². The van der Waals surface area contributed by atoms with Gasteiger partial charge in [0, 0.05) is 19.3 Å². The lowest BCUT2D eigenvalue weighted by Crippen LogP contribution is -2.44. The van der Waals surface area contributed by atoms with Crippen LogP contribution in [0, 0.1) is 0 Å². The van der Waals surface area contributed by atoms with Crippen LogP contribution in [-0.4, -0.2) is 69.1 Å². The van der Waals surface area contributed by atoms with Gasteiger partial charge in [-0.1, -0.05) is 6.08 Å². The molecule has 0 aliphatic carbocycles. The predicted molar refractivity (Wildman–Crippen MR) is 113 cm³/mol. The molecule has 0 heterocycles. The van der Waals surface area contributed by atoms with Crippen LogP contribution in [0.3, 0.4) is 0 Å². The van der Waals surface area contributed by atoms with Gasteiger partial charge in [-0.15, -0.1) is 0 Å². The van der Waals surface area contributed by atoms with Gasteiger partial charge in [-0.2, -0.15) is 0 Å². The lowest BCUT2D eigenvalue weighted by molar-refractivity contribution is -0.141. The molecule has 0 saturated heterocycles. The SMILES string of the molecule is CC=CC(=O)OCC(C[SiH2]C(O[Si](C)(C)C)O[Si](C)(C)C)OCCCO. The smallest absolute Gasteiger partial charge is 0.330 e. The second-order valence-electron chi connectivity index (χ2n) is 8.17. The summed E-state index contributed by atoms with van der Waals surface area (Å²) in [5.41, 5.74) is 0. The molecule has 0 aliphatic heterocycles. The Morgan fingerprint density at radius 3 is 2.15 bits per heavy atom. The highest BCUT2D eigenvalue weighted by Gasteiger charge is 2.28. The molecule has 0 aromatic carbocycles. The van der Waals surface area contributed by atoms with Crippen molar-refractivity contribution in [2.75, 3.05) is 19.8 Å². The van der Waals surface area contributed by atoms with E-state index in [4.69, 9.17) is 23.4 Å². The molecule has 0 aliphatic rings. The van der Waals surface area contributed by atoms with Crippen LogP contribution in [0.15, 0.2) is 12.2 Å². The Morgan fingerprint density at radius 2 is 1.69 bits per heavy atom. The number of esters is 1. The van der Waals surface area contributed by atoms with E-state index in [9.17, 15) is 4.79 Å². The number of carbonyl (C=O) groups excluding carboxylic acids is 1. The van der Waals surface area contributed by atoms with E-state index in [0.29, 0.717) is 13.0 Å². The molecule has 0 fully saturated rings. The summed E-state index contributed by atoms with van der Waals surface area (Å²) in [5, 5.41) is 8.94. The first-order chi connectivity index (χ1) is 12.0. The van der Waals surface area contributed by atoms with Gasteiger partial charge in [0.1, 0.15) is 12.5 Å². The van der Waals surface area contributed by atoms with E-state index in [1.807, 2.05) is 0 Å². The van der Waals surface area contributed by atoms with Crippen molar-refractivity contribution in [3.63, 3.8) is 0 Å². The van der Waals surface area contributed by atoms with Crippen molar-refractivity contribution in [3.8, 4) is 0 Å². The average Bonchev–Trinajstić information content (AvgIpc) is 2.46. The van der Waals surface area contributed by atoms with Crippen molar-refractivity contribution < 1.29 is 28.2 Å². The molecule has 0 saturated carbocycles. The van der Waals surface area contributed by atoms with Gasteiger partial charge in [0.2, 0.25) is 0 Å².